The molecule has 1 saturated carbocycles. The molecular formula is C14H28N2. The van der Waals surface area contributed by atoms with Gasteiger partial charge >= 0.3 is 0 Å². The van der Waals surface area contributed by atoms with Crippen LogP contribution in [0.3, 0.4) is 0 Å². The first-order valence-electron chi connectivity index (χ1n) is 6.96. The van der Waals surface area contributed by atoms with Gasteiger partial charge in [-0.15, -0.1) is 0 Å². The maximum atomic E-state index is 5.98. The van der Waals surface area contributed by atoms with E-state index in [4.69, 9.17) is 5.73 Å². The lowest BCUT2D eigenvalue weighted by Gasteiger charge is -2.39. The Morgan fingerprint density at radius 3 is 2.31 bits per heavy atom. The summed E-state index contributed by atoms with van der Waals surface area (Å²) < 4.78 is 0. The third-order valence-corrected chi connectivity index (χ3v) is 4.85. The van der Waals surface area contributed by atoms with Gasteiger partial charge in [-0.05, 0) is 43.1 Å². The lowest BCUT2D eigenvalue weighted by molar-refractivity contribution is 0.110. The van der Waals surface area contributed by atoms with E-state index in [0.29, 0.717) is 11.5 Å². The molecule has 0 bridgehead atoms. The SMILES string of the molecule is CC(C)(C)C1CCN(C(CN)C2CCC2)C1. The molecule has 1 saturated heterocycles. The van der Waals surface area contributed by atoms with Crippen molar-refractivity contribution in [2.24, 2.45) is 23.0 Å². The second-order valence-electron chi connectivity index (χ2n) is 6.84. The zero-order chi connectivity index (χ0) is 11.8. The molecular weight excluding hydrogens is 196 g/mol. The van der Waals surface area contributed by atoms with Crippen molar-refractivity contribution in [3.63, 3.8) is 0 Å². The summed E-state index contributed by atoms with van der Waals surface area (Å²) in [4.78, 5) is 2.68. The van der Waals surface area contributed by atoms with Gasteiger partial charge in [-0.3, -0.25) is 4.90 Å². The largest absolute Gasteiger partial charge is 0.329 e. The van der Waals surface area contributed by atoms with E-state index in [1.807, 2.05) is 0 Å². The van der Waals surface area contributed by atoms with Crippen LogP contribution < -0.4 is 5.73 Å². The Balaban J connectivity index is 1.91. The molecule has 2 atom stereocenters. The Hall–Kier alpha value is -0.0800. The molecule has 0 aromatic carbocycles. The van der Waals surface area contributed by atoms with Gasteiger partial charge < -0.3 is 5.73 Å². The highest BCUT2D eigenvalue weighted by atomic mass is 15.2. The van der Waals surface area contributed by atoms with Crippen LogP contribution >= 0.6 is 0 Å². The Bertz CT molecular complexity index is 227. The minimum atomic E-state index is 0.466. The van der Waals surface area contributed by atoms with E-state index in [1.165, 1.54) is 38.8 Å². The van der Waals surface area contributed by atoms with Crippen molar-refractivity contribution in [1.82, 2.24) is 4.90 Å². The summed E-state index contributed by atoms with van der Waals surface area (Å²) in [5, 5.41) is 0. The first kappa shape index (κ1) is 12.4. The van der Waals surface area contributed by atoms with E-state index in [-0.39, 0.29) is 0 Å². The Morgan fingerprint density at radius 2 is 1.94 bits per heavy atom. The molecule has 0 aromatic heterocycles. The van der Waals surface area contributed by atoms with Gasteiger partial charge in [0.15, 0.2) is 0 Å². The van der Waals surface area contributed by atoms with Gasteiger partial charge in [0.2, 0.25) is 0 Å². The van der Waals surface area contributed by atoms with Crippen LogP contribution in [0.5, 0.6) is 0 Å². The monoisotopic (exact) mass is 224 g/mol. The van der Waals surface area contributed by atoms with Crippen molar-refractivity contribution in [1.29, 1.82) is 0 Å². The van der Waals surface area contributed by atoms with Crippen LogP contribution in [0.25, 0.3) is 0 Å². The van der Waals surface area contributed by atoms with Gasteiger partial charge in [-0.2, -0.15) is 0 Å². The number of likely N-dealkylation sites (tertiary alicyclic amines) is 1. The molecule has 0 radical (unpaired) electrons. The predicted octanol–water partition coefficient (Wildman–Crippen LogP) is 2.48. The maximum Gasteiger partial charge on any atom is 0.0246 e. The van der Waals surface area contributed by atoms with Crippen molar-refractivity contribution in [3.8, 4) is 0 Å². The van der Waals surface area contributed by atoms with E-state index < -0.39 is 0 Å². The summed E-state index contributed by atoms with van der Waals surface area (Å²) in [5.74, 6) is 1.77. The molecule has 1 aliphatic carbocycles. The molecule has 0 amide bonds. The molecule has 2 aliphatic rings. The highest BCUT2D eigenvalue weighted by Crippen LogP contribution is 2.38. The summed E-state index contributed by atoms with van der Waals surface area (Å²) in [5.41, 5.74) is 6.44. The second-order valence-corrected chi connectivity index (χ2v) is 6.84. The van der Waals surface area contributed by atoms with Crippen molar-refractivity contribution >= 4 is 0 Å². The summed E-state index contributed by atoms with van der Waals surface area (Å²) in [6, 6.07) is 0.682. The Kier molecular flexibility index (Phi) is 3.60. The topological polar surface area (TPSA) is 29.3 Å². The number of nitrogens with zero attached hydrogens (tertiary/aromatic N) is 1. The fourth-order valence-corrected chi connectivity index (χ4v) is 3.26. The molecule has 2 nitrogen and oxygen atoms in total. The molecule has 2 N–H and O–H groups in total. The van der Waals surface area contributed by atoms with Crippen molar-refractivity contribution < 1.29 is 0 Å². The fraction of sp³-hybridized carbons (Fsp3) is 1.00. The minimum absolute atomic E-state index is 0.466. The summed E-state index contributed by atoms with van der Waals surface area (Å²) >= 11 is 0. The van der Waals surface area contributed by atoms with Crippen LogP contribution in [0.15, 0.2) is 0 Å². The minimum Gasteiger partial charge on any atom is -0.329 e. The van der Waals surface area contributed by atoms with Crippen LogP contribution in [-0.2, 0) is 0 Å². The number of hydrogen-bond donors (Lipinski definition) is 1. The van der Waals surface area contributed by atoms with Crippen LogP contribution in [0, 0.1) is 17.3 Å². The molecule has 2 heteroatoms. The van der Waals surface area contributed by atoms with Crippen molar-refractivity contribution in [3.05, 3.63) is 0 Å². The number of hydrogen-bond acceptors (Lipinski definition) is 2. The smallest absolute Gasteiger partial charge is 0.0246 e. The molecule has 0 aromatic rings. The molecule has 16 heavy (non-hydrogen) atoms. The maximum absolute atomic E-state index is 5.98. The Morgan fingerprint density at radius 1 is 1.25 bits per heavy atom. The van der Waals surface area contributed by atoms with E-state index >= 15 is 0 Å². The lowest BCUT2D eigenvalue weighted by Crippen LogP contribution is -2.47. The molecule has 2 rings (SSSR count). The average molecular weight is 224 g/mol. The third-order valence-electron chi connectivity index (χ3n) is 4.85. The normalized spacial score (nSPS) is 30.4. The molecule has 94 valence electrons. The lowest BCUT2D eigenvalue weighted by atomic mass is 9.78. The second kappa shape index (κ2) is 4.66. The van der Waals surface area contributed by atoms with Gasteiger partial charge in [0.25, 0.3) is 0 Å². The van der Waals surface area contributed by atoms with Gasteiger partial charge in [-0.1, -0.05) is 27.2 Å². The van der Waals surface area contributed by atoms with E-state index in [2.05, 4.69) is 25.7 Å². The van der Waals surface area contributed by atoms with Crippen LogP contribution in [0.4, 0.5) is 0 Å². The van der Waals surface area contributed by atoms with E-state index in [0.717, 1.165) is 18.4 Å². The molecule has 2 unspecified atom stereocenters. The van der Waals surface area contributed by atoms with Crippen molar-refractivity contribution in [2.45, 2.75) is 52.5 Å². The number of nitrogens with two attached hydrogens (primary N) is 1. The summed E-state index contributed by atoms with van der Waals surface area (Å²) in [6.07, 6.45) is 5.63. The van der Waals surface area contributed by atoms with E-state index in [9.17, 15) is 0 Å². The van der Waals surface area contributed by atoms with Crippen molar-refractivity contribution in [2.75, 3.05) is 19.6 Å². The molecule has 1 aliphatic heterocycles. The molecule has 2 fully saturated rings. The molecule has 1 heterocycles. The Labute approximate surface area is 101 Å². The zero-order valence-electron chi connectivity index (χ0n) is 11.2. The number of rotatable bonds is 3. The summed E-state index contributed by atoms with van der Waals surface area (Å²) in [7, 11) is 0. The van der Waals surface area contributed by atoms with Gasteiger partial charge in [0, 0.05) is 19.1 Å². The van der Waals surface area contributed by atoms with Gasteiger partial charge in [-0.25, -0.2) is 0 Å². The van der Waals surface area contributed by atoms with Crippen LogP contribution in [0.2, 0.25) is 0 Å². The van der Waals surface area contributed by atoms with Gasteiger partial charge in [0.1, 0.15) is 0 Å². The quantitative estimate of drug-likeness (QED) is 0.798. The highest BCUT2D eigenvalue weighted by molar-refractivity contribution is 4.92. The van der Waals surface area contributed by atoms with E-state index in [1.54, 1.807) is 0 Å². The van der Waals surface area contributed by atoms with Crippen LogP contribution in [-0.4, -0.2) is 30.6 Å². The average Bonchev–Trinajstić information content (AvgIpc) is 2.58. The standard InChI is InChI=1S/C14H28N2/c1-14(2,3)12-7-8-16(10-12)13(9-15)11-5-4-6-11/h11-13H,4-10,15H2,1-3H3. The van der Waals surface area contributed by atoms with Crippen LogP contribution in [0.1, 0.15) is 46.5 Å². The first-order valence-corrected chi connectivity index (χ1v) is 6.96. The van der Waals surface area contributed by atoms with Gasteiger partial charge in [0.05, 0.1) is 0 Å². The molecule has 0 spiro atoms. The third kappa shape index (κ3) is 2.43. The first-order chi connectivity index (χ1) is 7.52. The summed E-state index contributed by atoms with van der Waals surface area (Å²) in [6.45, 7) is 10.6. The predicted molar refractivity (Wildman–Crippen MR) is 69.3 cm³/mol. The highest BCUT2D eigenvalue weighted by Gasteiger charge is 2.38. The zero-order valence-corrected chi connectivity index (χ0v) is 11.2. The fourth-order valence-electron chi connectivity index (χ4n) is 3.26.